The normalized spacial score (nSPS) is 13.3. The molecule has 25 heavy (non-hydrogen) atoms. The largest absolute Gasteiger partial charge is 0.478 e. The molecule has 4 rings (SSSR count). The van der Waals surface area contributed by atoms with Crippen LogP contribution in [0.5, 0.6) is 0 Å². The third-order valence-electron chi connectivity index (χ3n) is 3.85. The first-order chi connectivity index (χ1) is 11.8. The third kappa shape index (κ3) is 2.07. The van der Waals surface area contributed by atoms with Crippen LogP contribution in [0.25, 0.3) is 16.6 Å². The van der Waals surface area contributed by atoms with E-state index in [4.69, 9.17) is 5.11 Å². The van der Waals surface area contributed by atoms with Crippen LogP contribution >= 0.6 is 0 Å². The Labute approximate surface area is 136 Å². The molecule has 3 heterocycles. The van der Waals surface area contributed by atoms with E-state index in [0.29, 0.717) is 27.5 Å². The summed E-state index contributed by atoms with van der Waals surface area (Å²) in [4.78, 5) is 27.0. The number of carboxylic acids is 1. The maximum Gasteiger partial charge on any atom is 0.434 e. The van der Waals surface area contributed by atoms with E-state index in [-0.39, 0.29) is 17.1 Å². The highest BCUT2D eigenvalue weighted by Gasteiger charge is 2.41. The number of amides is 1. The molecule has 0 radical (unpaired) electrons. The molecule has 3 aromatic rings. The molecule has 0 fully saturated rings. The van der Waals surface area contributed by atoms with Gasteiger partial charge in [-0.3, -0.25) is 4.79 Å². The summed E-state index contributed by atoms with van der Waals surface area (Å²) in [5, 5.41) is 15.8. The Kier molecular flexibility index (Phi) is 2.89. The second-order valence-corrected chi connectivity index (χ2v) is 5.30. The summed E-state index contributed by atoms with van der Waals surface area (Å²) in [5.74, 6) is -2.35. The number of carboxylic acid groups (broad SMARTS) is 1. The number of nitrogens with one attached hydrogen (secondary N) is 1. The van der Waals surface area contributed by atoms with Crippen LogP contribution in [-0.4, -0.2) is 31.7 Å². The molecule has 0 spiro atoms. The first-order valence-electron chi connectivity index (χ1n) is 6.91. The molecule has 0 saturated carbocycles. The van der Waals surface area contributed by atoms with Crippen LogP contribution in [0.4, 0.5) is 18.9 Å². The highest BCUT2D eigenvalue weighted by atomic mass is 19.4. The summed E-state index contributed by atoms with van der Waals surface area (Å²) in [5.41, 5.74) is -1.74. The number of alkyl halides is 3. The minimum atomic E-state index is -4.96. The van der Waals surface area contributed by atoms with Crippen LogP contribution in [0, 0.1) is 0 Å². The number of hydrogen-bond acceptors (Lipinski definition) is 4. The van der Waals surface area contributed by atoms with Gasteiger partial charge in [0, 0.05) is 16.3 Å². The van der Waals surface area contributed by atoms with Crippen molar-refractivity contribution >= 4 is 28.3 Å². The Morgan fingerprint density at radius 1 is 1.24 bits per heavy atom. The topological polar surface area (TPSA) is 97.1 Å². The SMILES string of the molecule is O=C(O)c1cnn(-c2ncc3c4c(cccc24)C(=O)N3)c1C(F)(F)F. The molecule has 1 aromatic carbocycles. The first-order valence-corrected chi connectivity index (χ1v) is 6.91. The monoisotopic (exact) mass is 348 g/mol. The fourth-order valence-electron chi connectivity index (χ4n) is 2.87. The van der Waals surface area contributed by atoms with Crippen LogP contribution in [0.1, 0.15) is 26.4 Å². The van der Waals surface area contributed by atoms with Gasteiger partial charge in [-0.2, -0.15) is 18.3 Å². The molecule has 126 valence electrons. The van der Waals surface area contributed by atoms with Crippen molar-refractivity contribution in [2.45, 2.75) is 6.18 Å². The molecule has 0 bridgehead atoms. The molecule has 7 nitrogen and oxygen atoms in total. The number of aromatic nitrogens is 3. The van der Waals surface area contributed by atoms with Crippen molar-refractivity contribution in [1.82, 2.24) is 14.8 Å². The molecule has 2 N–H and O–H groups in total. The molecule has 0 unspecified atom stereocenters. The van der Waals surface area contributed by atoms with Crippen molar-refractivity contribution in [2.24, 2.45) is 0 Å². The van der Waals surface area contributed by atoms with Crippen molar-refractivity contribution < 1.29 is 27.9 Å². The van der Waals surface area contributed by atoms with Crippen LogP contribution in [0.2, 0.25) is 0 Å². The smallest absolute Gasteiger partial charge is 0.434 e. The molecule has 2 aromatic heterocycles. The van der Waals surface area contributed by atoms with Crippen molar-refractivity contribution in [1.29, 1.82) is 0 Å². The van der Waals surface area contributed by atoms with Crippen molar-refractivity contribution in [3.63, 3.8) is 0 Å². The summed E-state index contributed by atoms with van der Waals surface area (Å²) in [6, 6.07) is 4.54. The fourth-order valence-corrected chi connectivity index (χ4v) is 2.87. The third-order valence-corrected chi connectivity index (χ3v) is 3.85. The zero-order chi connectivity index (χ0) is 17.9. The summed E-state index contributed by atoms with van der Waals surface area (Å²) >= 11 is 0. The van der Waals surface area contributed by atoms with Crippen LogP contribution in [0.3, 0.4) is 0 Å². The van der Waals surface area contributed by atoms with Gasteiger partial charge in [-0.25, -0.2) is 14.5 Å². The molecule has 0 aliphatic carbocycles. The van der Waals surface area contributed by atoms with Gasteiger partial charge in [-0.05, 0) is 6.07 Å². The summed E-state index contributed by atoms with van der Waals surface area (Å²) in [6.07, 6.45) is -3.11. The average Bonchev–Trinajstić information content (AvgIpc) is 3.11. The summed E-state index contributed by atoms with van der Waals surface area (Å²) in [6.45, 7) is 0. The minimum Gasteiger partial charge on any atom is -0.478 e. The van der Waals surface area contributed by atoms with E-state index in [2.05, 4.69) is 15.4 Å². The highest BCUT2D eigenvalue weighted by Crippen LogP contribution is 2.38. The number of nitrogens with zero attached hydrogens (tertiary/aromatic N) is 3. The van der Waals surface area contributed by atoms with Crippen molar-refractivity contribution in [3.8, 4) is 5.82 Å². The molecule has 1 aliphatic heterocycles. The molecule has 10 heteroatoms. The molecule has 1 amide bonds. The van der Waals surface area contributed by atoms with Crippen LogP contribution in [-0.2, 0) is 6.18 Å². The maximum absolute atomic E-state index is 13.4. The van der Waals surface area contributed by atoms with Gasteiger partial charge in [0.15, 0.2) is 11.5 Å². The molecule has 0 saturated heterocycles. The molecular weight excluding hydrogens is 341 g/mol. The average molecular weight is 348 g/mol. The second kappa shape index (κ2) is 4.79. The van der Waals surface area contributed by atoms with E-state index in [9.17, 15) is 22.8 Å². The number of carbonyl (C=O) groups excluding carboxylic acids is 1. The number of rotatable bonds is 2. The van der Waals surface area contributed by atoms with Gasteiger partial charge in [0.05, 0.1) is 18.1 Å². The number of halogens is 3. The predicted molar refractivity (Wildman–Crippen MR) is 78.8 cm³/mol. The fraction of sp³-hybridized carbons (Fsp3) is 0.0667. The van der Waals surface area contributed by atoms with Gasteiger partial charge in [0.2, 0.25) is 0 Å². The molecule has 1 aliphatic rings. The lowest BCUT2D eigenvalue weighted by Crippen LogP contribution is -2.18. The Hall–Kier alpha value is -3.43. The van der Waals surface area contributed by atoms with Gasteiger partial charge in [0.25, 0.3) is 5.91 Å². The maximum atomic E-state index is 13.4. The lowest BCUT2D eigenvalue weighted by Gasteiger charge is -2.13. The quantitative estimate of drug-likeness (QED) is 0.742. The van der Waals surface area contributed by atoms with Crippen LogP contribution < -0.4 is 5.32 Å². The number of hydrogen-bond donors (Lipinski definition) is 2. The number of pyridine rings is 1. The Balaban J connectivity index is 2.07. The lowest BCUT2D eigenvalue weighted by atomic mass is 10.1. The van der Waals surface area contributed by atoms with Gasteiger partial charge >= 0.3 is 12.1 Å². The van der Waals surface area contributed by atoms with Gasteiger partial charge in [0.1, 0.15) is 5.56 Å². The van der Waals surface area contributed by atoms with Crippen molar-refractivity contribution in [2.75, 3.05) is 5.32 Å². The Morgan fingerprint density at radius 2 is 2.00 bits per heavy atom. The summed E-state index contributed by atoms with van der Waals surface area (Å²) in [7, 11) is 0. The van der Waals surface area contributed by atoms with Crippen molar-refractivity contribution in [3.05, 3.63) is 47.4 Å². The van der Waals surface area contributed by atoms with Gasteiger partial charge in [-0.1, -0.05) is 12.1 Å². The van der Waals surface area contributed by atoms with E-state index >= 15 is 0 Å². The lowest BCUT2D eigenvalue weighted by molar-refractivity contribution is -0.143. The number of anilines is 1. The van der Waals surface area contributed by atoms with E-state index in [0.717, 1.165) is 0 Å². The first kappa shape index (κ1) is 15.1. The number of carbonyl (C=O) groups is 2. The van der Waals surface area contributed by atoms with Gasteiger partial charge < -0.3 is 10.4 Å². The second-order valence-electron chi connectivity index (χ2n) is 5.30. The van der Waals surface area contributed by atoms with Crippen LogP contribution in [0.15, 0.2) is 30.6 Å². The highest BCUT2D eigenvalue weighted by molar-refractivity contribution is 6.24. The number of benzene rings is 1. The predicted octanol–water partition coefficient (Wildman–Crippen LogP) is 2.70. The number of aromatic carboxylic acids is 1. The van der Waals surface area contributed by atoms with Gasteiger partial charge in [-0.15, -0.1) is 0 Å². The Morgan fingerprint density at radius 3 is 2.68 bits per heavy atom. The van der Waals surface area contributed by atoms with E-state index in [1.54, 1.807) is 0 Å². The Bertz CT molecular complexity index is 1070. The zero-order valence-corrected chi connectivity index (χ0v) is 12.1. The van der Waals surface area contributed by atoms with E-state index < -0.39 is 23.4 Å². The zero-order valence-electron chi connectivity index (χ0n) is 12.1. The van der Waals surface area contributed by atoms with E-state index in [1.807, 2.05) is 0 Å². The minimum absolute atomic E-state index is 0.211. The molecular formula is C15H7F3N4O3. The van der Waals surface area contributed by atoms with E-state index in [1.165, 1.54) is 24.4 Å². The molecule has 0 atom stereocenters. The summed E-state index contributed by atoms with van der Waals surface area (Å²) < 4.78 is 40.6. The standard InChI is InChI=1S/C15H7F3N4O3/c16-15(17,18)11-8(14(24)25)4-20-22(11)12-6-2-1-3-7-10(6)9(5-19-12)21-13(7)23/h1-5H,(H,21,23)(H,24,25).